The molecule has 0 fully saturated rings. The lowest BCUT2D eigenvalue weighted by Gasteiger charge is -2.25. The number of benzene rings is 1. The summed E-state index contributed by atoms with van der Waals surface area (Å²) in [5.41, 5.74) is 2.34. The molecule has 1 aromatic heterocycles. The van der Waals surface area contributed by atoms with Gasteiger partial charge in [0.15, 0.2) is 11.4 Å². The van der Waals surface area contributed by atoms with Gasteiger partial charge in [0.25, 0.3) is 5.91 Å². The minimum atomic E-state index is -0.932. The lowest BCUT2D eigenvalue weighted by atomic mass is 9.92. The highest BCUT2D eigenvalue weighted by Crippen LogP contribution is 2.33. The molecule has 194 valence electrons. The maximum absolute atomic E-state index is 13.1. The molecule has 1 aliphatic rings. The van der Waals surface area contributed by atoms with Crippen LogP contribution < -0.4 is 14.8 Å². The molecule has 0 saturated carbocycles. The Morgan fingerprint density at radius 1 is 1.11 bits per heavy atom. The van der Waals surface area contributed by atoms with Crippen LogP contribution in [0.25, 0.3) is 0 Å². The van der Waals surface area contributed by atoms with Crippen LogP contribution in [0.2, 0.25) is 0 Å². The van der Waals surface area contributed by atoms with Crippen LogP contribution in [0.1, 0.15) is 80.9 Å². The molecule has 0 radical (unpaired) electrons. The molecule has 2 aromatic rings. The Balaban J connectivity index is 1.72. The standard InChI is InChI=1S/C28H36N2O6/c1-6-19(7-2)28(33)36-25-23(34-5)15-16-29-24(25)26(31)30-18(4)27(32)35-22-14-10-12-20-11-8-9-13-21(20)17(22)3/h8-9,11,13,15-19,22H,6-7,10,12,14H2,1-5H3,(H,30,31)/t17?,18-,22?/m0/s1. The summed E-state index contributed by atoms with van der Waals surface area (Å²) in [6, 6.07) is 8.80. The maximum Gasteiger partial charge on any atom is 0.328 e. The first-order valence-electron chi connectivity index (χ1n) is 12.6. The number of fused-ring (bicyclic) bond motifs is 1. The summed E-state index contributed by atoms with van der Waals surface area (Å²) in [7, 11) is 1.41. The van der Waals surface area contributed by atoms with Crippen molar-refractivity contribution in [1.29, 1.82) is 0 Å². The maximum atomic E-state index is 13.1. The Labute approximate surface area is 212 Å². The van der Waals surface area contributed by atoms with Crippen LogP contribution in [0.3, 0.4) is 0 Å². The van der Waals surface area contributed by atoms with Gasteiger partial charge in [-0.15, -0.1) is 0 Å². The van der Waals surface area contributed by atoms with Crippen molar-refractivity contribution >= 4 is 17.8 Å². The second-order valence-electron chi connectivity index (χ2n) is 9.18. The predicted octanol–water partition coefficient (Wildman–Crippen LogP) is 4.60. The van der Waals surface area contributed by atoms with Gasteiger partial charge in [-0.2, -0.15) is 0 Å². The average Bonchev–Trinajstić information content (AvgIpc) is 3.03. The van der Waals surface area contributed by atoms with E-state index in [4.69, 9.17) is 14.2 Å². The highest BCUT2D eigenvalue weighted by Gasteiger charge is 2.31. The number of aryl methyl sites for hydroxylation is 1. The molecule has 0 bridgehead atoms. The summed E-state index contributed by atoms with van der Waals surface area (Å²) in [6.07, 6.45) is 4.91. The van der Waals surface area contributed by atoms with Crippen LogP contribution in [-0.2, 0) is 20.7 Å². The smallest absolute Gasteiger partial charge is 0.328 e. The Morgan fingerprint density at radius 2 is 1.83 bits per heavy atom. The Kier molecular flexibility index (Phi) is 9.44. The van der Waals surface area contributed by atoms with E-state index in [1.807, 2.05) is 26.0 Å². The van der Waals surface area contributed by atoms with Gasteiger partial charge in [0.2, 0.25) is 5.75 Å². The Bertz CT molecular complexity index is 1080. The zero-order chi connectivity index (χ0) is 26.2. The number of amides is 1. The molecule has 1 aromatic carbocycles. The first-order valence-corrected chi connectivity index (χ1v) is 12.6. The van der Waals surface area contributed by atoms with Gasteiger partial charge in [0.1, 0.15) is 12.1 Å². The molecule has 8 nitrogen and oxygen atoms in total. The van der Waals surface area contributed by atoms with Crippen LogP contribution in [0.15, 0.2) is 36.5 Å². The van der Waals surface area contributed by atoms with Gasteiger partial charge >= 0.3 is 11.9 Å². The van der Waals surface area contributed by atoms with E-state index in [1.54, 1.807) is 6.92 Å². The minimum absolute atomic E-state index is 0.0479. The lowest BCUT2D eigenvalue weighted by molar-refractivity contribution is -0.152. The molecular formula is C28H36N2O6. The largest absolute Gasteiger partial charge is 0.493 e. The van der Waals surface area contributed by atoms with Gasteiger partial charge in [-0.3, -0.25) is 9.59 Å². The summed E-state index contributed by atoms with van der Waals surface area (Å²) in [4.78, 5) is 42.7. The fraction of sp³-hybridized carbons (Fsp3) is 0.500. The van der Waals surface area contributed by atoms with E-state index in [9.17, 15) is 14.4 Å². The fourth-order valence-electron chi connectivity index (χ4n) is 4.54. The molecule has 1 heterocycles. The zero-order valence-corrected chi connectivity index (χ0v) is 21.7. The third-order valence-corrected chi connectivity index (χ3v) is 6.83. The van der Waals surface area contributed by atoms with E-state index in [0.717, 1.165) is 19.3 Å². The van der Waals surface area contributed by atoms with Crippen LogP contribution in [0, 0.1) is 5.92 Å². The van der Waals surface area contributed by atoms with Gasteiger partial charge in [-0.25, -0.2) is 9.78 Å². The summed E-state index contributed by atoms with van der Waals surface area (Å²) in [5, 5.41) is 2.63. The van der Waals surface area contributed by atoms with Crippen molar-refractivity contribution in [3.63, 3.8) is 0 Å². The fourth-order valence-corrected chi connectivity index (χ4v) is 4.54. The molecule has 2 unspecified atom stereocenters. The summed E-state index contributed by atoms with van der Waals surface area (Å²) in [6.45, 7) is 7.41. The minimum Gasteiger partial charge on any atom is -0.493 e. The van der Waals surface area contributed by atoms with Crippen molar-refractivity contribution in [3.8, 4) is 11.5 Å². The molecule has 3 atom stereocenters. The van der Waals surface area contributed by atoms with E-state index in [0.29, 0.717) is 12.8 Å². The second kappa shape index (κ2) is 12.5. The number of hydrogen-bond donors (Lipinski definition) is 1. The molecule has 1 N–H and O–H groups in total. The number of hydrogen-bond acceptors (Lipinski definition) is 7. The molecule has 8 heteroatoms. The van der Waals surface area contributed by atoms with Gasteiger partial charge in [-0.05, 0) is 50.2 Å². The van der Waals surface area contributed by atoms with Gasteiger partial charge in [-0.1, -0.05) is 45.0 Å². The Hall–Kier alpha value is -3.42. The molecule has 36 heavy (non-hydrogen) atoms. The number of esters is 2. The van der Waals surface area contributed by atoms with Crippen molar-refractivity contribution in [2.45, 2.75) is 77.9 Å². The lowest BCUT2D eigenvalue weighted by Crippen LogP contribution is -2.42. The van der Waals surface area contributed by atoms with E-state index >= 15 is 0 Å². The topological polar surface area (TPSA) is 104 Å². The molecule has 0 aliphatic heterocycles. The van der Waals surface area contributed by atoms with E-state index in [2.05, 4.69) is 29.4 Å². The number of rotatable bonds is 9. The van der Waals surface area contributed by atoms with Crippen LogP contribution in [-0.4, -0.2) is 42.1 Å². The summed E-state index contributed by atoms with van der Waals surface area (Å²) in [5.74, 6) is -1.78. The number of carbonyl (C=O) groups excluding carboxylic acids is 3. The van der Waals surface area contributed by atoms with Crippen LogP contribution in [0.4, 0.5) is 0 Å². The number of nitrogens with one attached hydrogen (secondary N) is 1. The average molecular weight is 497 g/mol. The molecule has 1 aliphatic carbocycles. The monoisotopic (exact) mass is 496 g/mol. The van der Waals surface area contributed by atoms with E-state index in [1.165, 1.54) is 30.5 Å². The Morgan fingerprint density at radius 3 is 2.53 bits per heavy atom. The predicted molar refractivity (Wildman–Crippen MR) is 135 cm³/mol. The molecular weight excluding hydrogens is 460 g/mol. The van der Waals surface area contributed by atoms with E-state index in [-0.39, 0.29) is 35.1 Å². The summed E-state index contributed by atoms with van der Waals surface area (Å²) < 4.78 is 16.7. The molecule has 0 spiro atoms. The van der Waals surface area contributed by atoms with Crippen LogP contribution >= 0.6 is 0 Å². The van der Waals surface area contributed by atoms with Gasteiger partial charge in [0, 0.05) is 18.2 Å². The van der Waals surface area contributed by atoms with Crippen molar-refractivity contribution in [2.75, 3.05) is 7.11 Å². The first-order chi connectivity index (χ1) is 17.3. The third-order valence-electron chi connectivity index (χ3n) is 6.83. The van der Waals surface area contributed by atoms with E-state index < -0.39 is 23.9 Å². The second-order valence-corrected chi connectivity index (χ2v) is 9.18. The van der Waals surface area contributed by atoms with Crippen molar-refractivity contribution in [1.82, 2.24) is 10.3 Å². The molecule has 1 amide bonds. The summed E-state index contributed by atoms with van der Waals surface area (Å²) >= 11 is 0. The molecule has 3 rings (SSSR count). The SMILES string of the molecule is CCC(CC)C(=O)Oc1c(OC)ccnc1C(=O)N[C@@H](C)C(=O)OC1CCCc2ccccc2C1C. The number of ether oxygens (including phenoxy) is 3. The number of nitrogens with zero attached hydrogens (tertiary/aromatic N) is 1. The van der Waals surface area contributed by atoms with Gasteiger partial charge in [0.05, 0.1) is 13.0 Å². The number of methoxy groups -OCH3 is 1. The highest BCUT2D eigenvalue weighted by molar-refractivity contribution is 5.98. The molecule has 0 saturated heterocycles. The van der Waals surface area contributed by atoms with Crippen LogP contribution in [0.5, 0.6) is 11.5 Å². The van der Waals surface area contributed by atoms with Gasteiger partial charge < -0.3 is 19.5 Å². The van der Waals surface area contributed by atoms with Crippen molar-refractivity contribution in [3.05, 3.63) is 53.3 Å². The highest BCUT2D eigenvalue weighted by atomic mass is 16.6. The van der Waals surface area contributed by atoms with Crippen molar-refractivity contribution < 1.29 is 28.6 Å². The number of carbonyl (C=O) groups is 3. The first kappa shape index (κ1) is 27.2. The number of aromatic nitrogens is 1. The zero-order valence-electron chi connectivity index (χ0n) is 21.7. The third kappa shape index (κ3) is 6.22. The van der Waals surface area contributed by atoms with Crippen molar-refractivity contribution in [2.24, 2.45) is 5.92 Å². The number of pyridine rings is 1. The normalized spacial score (nSPS) is 17.9. The quantitative estimate of drug-likeness (QED) is 0.400.